The summed E-state index contributed by atoms with van der Waals surface area (Å²) < 4.78 is 27.6. The van der Waals surface area contributed by atoms with Gasteiger partial charge in [-0.2, -0.15) is 0 Å². The topological polar surface area (TPSA) is 156 Å². The Morgan fingerprint density at radius 1 is 1.03 bits per heavy atom. The number of carbonyl (C=O) groups excluding carboxylic acids is 1. The number of carbonyl (C=O) groups is 1. The summed E-state index contributed by atoms with van der Waals surface area (Å²) in [7, 11) is -3.90. The molecule has 0 bridgehead atoms. The fraction of sp³-hybridized carbons (Fsp3) is 0.0909. The first kappa shape index (κ1) is 25.4. The van der Waals surface area contributed by atoms with Crippen LogP contribution in [0.5, 0.6) is 0 Å². The van der Waals surface area contributed by atoms with E-state index in [0.29, 0.717) is 22.6 Å². The molecule has 0 aliphatic heterocycles. The van der Waals surface area contributed by atoms with Crippen molar-refractivity contribution in [2.45, 2.75) is 18.7 Å². The number of nitrogens with one attached hydrogen (secondary N) is 3. The first-order valence-electron chi connectivity index (χ1n) is 10.0. The summed E-state index contributed by atoms with van der Waals surface area (Å²) in [5, 5.41) is 15.9. The van der Waals surface area contributed by atoms with E-state index in [2.05, 4.69) is 25.3 Å². The molecule has 3 N–H and O–H groups in total. The minimum atomic E-state index is -3.90. The van der Waals surface area contributed by atoms with Crippen LogP contribution in [0.2, 0.25) is 0 Å². The van der Waals surface area contributed by atoms with Crippen LogP contribution >= 0.6 is 12.2 Å². The molecular formula is C22H20N6O5S2. The SMILES string of the molecule is Cc1cc(C)nc(NS(=O)(=O)c2ccc(NC(=S)NC(=O)/C=C/c3ccc([N+](=O)[O-])cc3)cc2)n1. The number of nitro benzene ring substituents is 1. The Balaban J connectivity index is 1.57. The summed E-state index contributed by atoms with van der Waals surface area (Å²) in [6.07, 6.45) is 2.71. The van der Waals surface area contributed by atoms with Gasteiger partial charge in [-0.3, -0.25) is 20.2 Å². The summed E-state index contributed by atoms with van der Waals surface area (Å²) in [6.45, 7) is 3.47. The van der Waals surface area contributed by atoms with Crippen LogP contribution in [-0.4, -0.2) is 34.3 Å². The molecule has 0 aliphatic carbocycles. The van der Waals surface area contributed by atoms with Gasteiger partial charge in [0.05, 0.1) is 9.82 Å². The normalized spacial score (nSPS) is 11.1. The van der Waals surface area contributed by atoms with Crippen LogP contribution in [0.4, 0.5) is 17.3 Å². The number of anilines is 2. The van der Waals surface area contributed by atoms with Crippen molar-refractivity contribution >= 4 is 56.7 Å². The van der Waals surface area contributed by atoms with E-state index < -0.39 is 20.9 Å². The molecule has 0 fully saturated rings. The van der Waals surface area contributed by atoms with Crippen LogP contribution in [-0.2, 0) is 14.8 Å². The molecule has 0 saturated heterocycles. The monoisotopic (exact) mass is 512 g/mol. The molecule has 0 spiro atoms. The van der Waals surface area contributed by atoms with Gasteiger partial charge in [0.1, 0.15) is 0 Å². The maximum Gasteiger partial charge on any atom is 0.269 e. The molecule has 1 heterocycles. The lowest BCUT2D eigenvalue weighted by atomic mass is 10.2. The van der Waals surface area contributed by atoms with Crippen molar-refractivity contribution in [3.05, 3.63) is 87.7 Å². The van der Waals surface area contributed by atoms with E-state index in [1.54, 1.807) is 19.9 Å². The van der Waals surface area contributed by atoms with Crippen molar-refractivity contribution < 1.29 is 18.1 Å². The predicted molar refractivity (Wildman–Crippen MR) is 135 cm³/mol. The number of sulfonamides is 1. The molecule has 3 aromatic rings. The third kappa shape index (κ3) is 7.38. The molecule has 3 rings (SSSR count). The quantitative estimate of drug-likeness (QED) is 0.187. The minimum absolute atomic E-state index is 0.000664. The van der Waals surface area contributed by atoms with Crippen molar-refractivity contribution in [1.29, 1.82) is 0 Å². The van der Waals surface area contributed by atoms with Gasteiger partial charge in [0.25, 0.3) is 15.7 Å². The molecule has 35 heavy (non-hydrogen) atoms. The highest BCUT2D eigenvalue weighted by atomic mass is 32.2. The van der Waals surface area contributed by atoms with Crippen LogP contribution in [0, 0.1) is 24.0 Å². The molecule has 0 atom stereocenters. The average Bonchev–Trinajstić information content (AvgIpc) is 2.77. The van der Waals surface area contributed by atoms with Crippen molar-refractivity contribution in [3.8, 4) is 0 Å². The molecule has 2 aromatic carbocycles. The van der Waals surface area contributed by atoms with E-state index in [0.717, 1.165) is 0 Å². The van der Waals surface area contributed by atoms with E-state index in [1.165, 1.54) is 60.7 Å². The van der Waals surface area contributed by atoms with E-state index in [-0.39, 0.29) is 21.6 Å². The zero-order valence-corrected chi connectivity index (χ0v) is 20.2. The number of non-ortho nitro benzene ring substituents is 1. The molecule has 1 amide bonds. The largest absolute Gasteiger partial charge is 0.332 e. The van der Waals surface area contributed by atoms with E-state index >= 15 is 0 Å². The highest BCUT2D eigenvalue weighted by Crippen LogP contribution is 2.17. The van der Waals surface area contributed by atoms with Crippen LogP contribution in [0.1, 0.15) is 17.0 Å². The van der Waals surface area contributed by atoms with Crippen molar-refractivity contribution in [2.75, 3.05) is 10.0 Å². The third-order valence-electron chi connectivity index (χ3n) is 4.40. The van der Waals surface area contributed by atoms with Gasteiger partial charge in [0.15, 0.2) is 5.11 Å². The van der Waals surface area contributed by atoms with Crippen LogP contribution in [0.3, 0.4) is 0 Å². The van der Waals surface area contributed by atoms with Crippen molar-refractivity contribution in [1.82, 2.24) is 15.3 Å². The molecule has 11 nitrogen and oxygen atoms in total. The Bertz CT molecular complexity index is 1390. The van der Waals surface area contributed by atoms with Gasteiger partial charge in [-0.1, -0.05) is 0 Å². The average molecular weight is 513 g/mol. The van der Waals surface area contributed by atoms with E-state index in [4.69, 9.17) is 12.2 Å². The minimum Gasteiger partial charge on any atom is -0.332 e. The number of nitrogens with zero attached hydrogens (tertiary/aromatic N) is 3. The highest BCUT2D eigenvalue weighted by Gasteiger charge is 2.16. The molecule has 0 unspecified atom stereocenters. The fourth-order valence-electron chi connectivity index (χ4n) is 2.86. The standard InChI is InChI=1S/C22H20N6O5S2/c1-14-13-15(2)24-21(23-14)27-35(32,33)19-10-6-17(7-11-19)25-22(34)26-20(29)12-5-16-3-8-18(9-4-16)28(30)31/h3-13H,1-2H3,(H,23,24,27)(H2,25,26,29,34)/b12-5+. The Labute approximate surface area is 206 Å². The summed E-state index contributed by atoms with van der Waals surface area (Å²) in [5.74, 6) is -0.534. The Hall–Kier alpha value is -4.23. The van der Waals surface area contributed by atoms with Gasteiger partial charge in [-0.15, -0.1) is 0 Å². The van der Waals surface area contributed by atoms with Gasteiger partial charge < -0.3 is 5.32 Å². The second-order valence-corrected chi connectivity index (χ2v) is 9.32. The lowest BCUT2D eigenvalue weighted by Crippen LogP contribution is -2.32. The van der Waals surface area contributed by atoms with E-state index in [1.807, 2.05) is 0 Å². The van der Waals surface area contributed by atoms with Gasteiger partial charge >= 0.3 is 0 Å². The zero-order valence-electron chi connectivity index (χ0n) is 18.6. The first-order chi connectivity index (χ1) is 16.5. The molecule has 0 aliphatic rings. The van der Waals surface area contributed by atoms with Crippen LogP contribution in [0.25, 0.3) is 6.08 Å². The van der Waals surface area contributed by atoms with Gasteiger partial charge in [0, 0.05) is 35.3 Å². The number of hydrogen-bond donors (Lipinski definition) is 3. The number of thiocarbonyl (C=S) groups is 1. The maximum atomic E-state index is 12.6. The maximum absolute atomic E-state index is 12.6. The Morgan fingerprint density at radius 2 is 1.63 bits per heavy atom. The number of hydrogen-bond acceptors (Lipinski definition) is 8. The molecule has 180 valence electrons. The first-order valence-corrected chi connectivity index (χ1v) is 11.9. The summed E-state index contributed by atoms with van der Waals surface area (Å²) >= 11 is 5.11. The Morgan fingerprint density at radius 3 is 2.20 bits per heavy atom. The number of benzene rings is 2. The Kier molecular flexibility index (Phi) is 7.83. The third-order valence-corrected chi connectivity index (χ3v) is 5.95. The second-order valence-electron chi connectivity index (χ2n) is 7.23. The number of amides is 1. The lowest BCUT2D eigenvalue weighted by Gasteiger charge is -2.10. The number of rotatable bonds is 7. The number of aryl methyl sites for hydroxylation is 2. The summed E-state index contributed by atoms with van der Waals surface area (Å²) in [5.41, 5.74) is 2.27. The molecular weight excluding hydrogens is 492 g/mol. The molecule has 0 saturated carbocycles. The summed E-state index contributed by atoms with van der Waals surface area (Å²) in [6, 6.07) is 13.1. The molecule has 0 radical (unpaired) electrons. The second kappa shape index (κ2) is 10.8. The van der Waals surface area contributed by atoms with Gasteiger partial charge in [-0.05, 0) is 80.2 Å². The van der Waals surface area contributed by atoms with Crippen LogP contribution < -0.4 is 15.4 Å². The van der Waals surface area contributed by atoms with Crippen LogP contribution in [0.15, 0.2) is 65.6 Å². The highest BCUT2D eigenvalue weighted by molar-refractivity contribution is 7.92. The van der Waals surface area contributed by atoms with Crippen molar-refractivity contribution in [2.24, 2.45) is 0 Å². The predicted octanol–water partition coefficient (Wildman–Crippen LogP) is 3.33. The number of nitro groups is 1. The fourth-order valence-corrected chi connectivity index (χ4v) is 4.03. The van der Waals surface area contributed by atoms with Gasteiger partial charge in [-0.25, -0.2) is 23.1 Å². The van der Waals surface area contributed by atoms with Crippen molar-refractivity contribution in [3.63, 3.8) is 0 Å². The molecule has 13 heteroatoms. The lowest BCUT2D eigenvalue weighted by molar-refractivity contribution is -0.384. The zero-order chi connectivity index (χ0) is 25.6. The number of aromatic nitrogens is 2. The smallest absolute Gasteiger partial charge is 0.269 e. The van der Waals surface area contributed by atoms with Gasteiger partial charge in [0.2, 0.25) is 11.9 Å². The molecule has 1 aromatic heterocycles. The van der Waals surface area contributed by atoms with E-state index in [9.17, 15) is 23.3 Å². The summed E-state index contributed by atoms with van der Waals surface area (Å²) in [4.78, 5) is 30.4.